The second kappa shape index (κ2) is 20.7. The van der Waals surface area contributed by atoms with Crippen molar-refractivity contribution in [1.82, 2.24) is 16.0 Å². The van der Waals surface area contributed by atoms with Crippen LogP contribution in [0.15, 0.2) is 24.3 Å². The molecule has 5 N–H and O–H groups in total. The van der Waals surface area contributed by atoms with E-state index in [1.165, 1.54) is 6.42 Å². The maximum Gasteiger partial charge on any atom is 0.288 e. The fraction of sp³-hybridized carbons (Fsp3) is 0.686. The van der Waals surface area contributed by atoms with Crippen LogP contribution >= 0.6 is 0 Å². The van der Waals surface area contributed by atoms with E-state index in [0.717, 1.165) is 43.2 Å². The van der Waals surface area contributed by atoms with Gasteiger partial charge in [0.05, 0.1) is 12.6 Å². The number of carbonyl (C=O) groups excluding carboxylic acids is 5. The third-order valence-corrected chi connectivity index (χ3v) is 8.72. The number of hydrogen-bond donors (Lipinski definition) is 4. The van der Waals surface area contributed by atoms with Crippen LogP contribution in [0.1, 0.15) is 103 Å². The highest BCUT2D eigenvalue weighted by atomic mass is 16.5. The number of ether oxygens (including phenoxy) is 1. The van der Waals surface area contributed by atoms with E-state index < -0.39 is 42.0 Å². The van der Waals surface area contributed by atoms with Crippen molar-refractivity contribution in [2.75, 3.05) is 13.2 Å². The van der Waals surface area contributed by atoms with Crippen LogP contribution in [0.3, 0.4) is 0 Å². The monoisotopic (exact) mass is 628 g/mol. The van der Waals surface area contributed by atoms with E-state index in [1.54, 1.807) is 0 Å². The topological polar surface area (TPSA) is 157 Å². The first-order valence-corrected chi connectivity index (χ1v) is 16.9. The quantitative estimate of drug-likeness (QED) is 0.112. The highest BCUT2D eigenvalue weighted by Crippen LogP contribution is 2.38. The van der Waals surface area contributed by atoms with Crippen molar-refractivity contribution in [2.45, 2.75) is 117 Å². The van der Waals surface area contributed by atoms with E-state index in [0.29, 0.717) is 57.6 Å². The lowest BCUT2D eigenvalue weighted by molar-refractivity contribution is -0.144. The summed E-state index contributed by atoms with van der Waals surface area (Å²) < 4.78 is 6.69. The molecule has 4 atom stereocenters. The van der Waals surface area contributed by atoms with Crippen LogP contribution in [-0.4, -0.2) is 55.2 Å². The summed E-state index contributed by atoms with van der Waals surface area (Å²) in [6.07, 6.45) is 9.49. The van der Waals surface area contributed by atoms with Crippen LogP contribution in [0.25, 0.3) is 0 Å². The molecule has 10 nitrogen and oxygen atoms in total. The molecule has 4 unspecified atom stereocenters. The van der Waals surface area contributed by atoms with Crippen LogP contribution in [0.5, 0.6) is 0 Å². The number of carbonyl (C=O) groups is 5. The summed E-state index contributed by atoms with van der Waals surface area (Å²) in [5, 5.41) is 7.84. The molecule has 0 aliphatic heterocycles. The summed E-state index contributed by atoms with van der Waals surface area (Å²) in [6.45, 7) is 8.65. The zero-order chi connectivity index (χ0) is 33.2. The van der Waals surface area contributed by atoms with Crippen molar-refractivity contribution in [3.05, 3.63) is 35.4 Å². The lowest BCUT2D eigenvalue weighted by Crippen LogP contribution is -2.50. The molecule has 0 bridgehead atoms. The summed E-state index contributed by atoms with van der Waals surface area (Å²) in [6, 6.07) is 7.02. The van der Waals surface area contributed by atoms with Crippen LogP contribution in [0.2, 0.25) is 0 Å². The number of primary amides is 1. The predicted molar refractivity (Wildman–Crippen MR) is 175 cm³/mol. The highest BCUT2D eigenvalue weighted by Gasteiger charge is 2.41. The fourth-order valence-electron chi connectivity index (χ4n) is 6.40. The average molecular weight is 629 g/mol. The Labute approximate surface area is 269 Å². The number of ketones is 1. The van der Waals surface area contributed by atoms with E-state index in [9.17, 15) is 24.0 Å². The third kappa shape index (κ3) is 12.9. The molecule has 2 rings (SSSR count). The first-order valence-electron chi connectivity index (χ1n) is 16.9. The van der Waals surface area contributed by atoms with Gasteiger partial charge in [0.2, 0.25) is 24.0 Å². The minimum absolute atomic E-state index is 0.230. The Hall–Kier alpha value is -3.27. The Morgan fingerprint density at radius 3 is 2.29 bits per heavy atom. The second-order valence-electron chi connectivity index (χ2n) is 12.8. The molecule has 45 heavy (non-hydrogen) atoms. The molecule has 1 aliphatic rings. The Morgan fingerprint density at radius 2 is 1.69 bits per heavy atom. The molecular weight excluding hydrogens is 572 g/mol. The van der Waals surface area contributed by atoms with Crippen molar-refractivity contribution in [3.63, 3.8) is 0 Å². The molecule has 1 fully saturated rings. The maximum atomic E-state index is 14.0. The van der Waals surface area contributed by atoms with Gasteiger partial charge in [0.25, 0.3) is 5.91 Å². The van der Waals surface area contributed by atoms with Crippen molar-refractivity contribution >= 4 is 29.9 Å². The van der Waals surface area contributed by atoms with Gasteiger partial charge in [-0.1, -0.05) is 90.5 Å². The number of unbranched alkanes of at least 4 members (excludes halogenated alkanes) is 1. The van der Waals surface area contributed by atoms with Crippen LogP contribution in [0, 0.1) is 23.7 Å². The second-order valence-corrected chi connectivity index (χ2v) is 12.8. The number of rotatable bonds is 22. The first-order chi connectivity index (χ1) is 21.6. The minimum Gasteiger partial charge on any atom is -0.377 e. The van der Waals surface area contributed by atoms with Crippen molar-refractivity contribution in [2.24, 2.45) is 29.4 Å². The summed E-state index contributed by atoms with van der Waals surface area (Å²) in [5.74, 6) is -2.95. The Morgan fingerprint density at radius 1 is 1.00 bits per heavy atom. The smallest absolute Gasteiger partial charge is 0.288 e. The minimum atomic E-state index is -0.828. The molecule has 0 heterocycles. The molecule has 0 aromatic heterocycles. The first kappa shape index (κ1) is 37.9. The molecule has 1 aliphatic carbocycles. The largest absolute Gasteiger partial charge is 0.377 e. The lowest BCUT2D eigenvalue weighted by atomic mass is 9.70. The van der Waals surface area contributed by atoms with Gasteiger partial charge in [-0.15, -0.1) is 0 Å². The molecular formula is C35H56N4O6. The third-order valence-electron chi connectivity index (χ3n) is 8.72. The Kier molecular flexibility index (Phi) is 17.4. The number of amides is 4. The van der Waals surface area contributed by atoms with Gasteiger partial charge in [-0.2, -0.15) is 0 Å². The number of benzene rings is 1. The van der Waals surface area contributed by atoms with Crippen LogP contribution < -0.4 is 21.7 Å². The van der Waals surface area contributed by atoms with Crippen molar-refractivity contribution in [3.8, 4) is 0 Å². The number of hydrogen-bond acceptors (Lipinski definition) is 6. The van der Waals surface area contributed by atoms with Gasteiger partial charge in [0.1, 0.15) is 6.04 Å². The van der Waals surface area contributed by atoms with Crippen LogP contribution in [-0.2, 0) is 41.7 Å². The van der Waals surface area contributed by atoms with Gasteiger partial charge in [-0.25, -0.2) is 0 Å². The molecule has 0 radical (unpaired) electrons. The summed E-state index contributed by atoms with van der Waals surface area (Å²) in [5.41, 5.74) is 7.40. The van der Waals surface area contributed by atoms with Gasteiger partial charge in [-0.05, 0) is 61.0 Å². The van der Waals surface area contributed by atoms with Crippen molar-refractivity contribution in [1.29, 1.82) is 0 Å². The fourth-order valence-corrected chi connectivity index (χ4v) is 6.40. The molecule has 1 aromatic carbocycles. The number of nitrogens with one attached hydrogen (secondary N) is 3. The maximum absolute atomic E-state index is 14.0. The van der Waals surface area contributed by atoms with E-state index in [-0.39, 0.29) is 17.9 Å². The molecule has 1 aromatic rings. The zero-order valence-corrected chi connectivity index (χ0v) is 27.8. The van der Waals surface area contributed by atoms with Gasteiger partial charge in [0, 0.05) is 19.1 Å². The molecule has 4 amide bonds. The van der Waals surface area contributed by atoms with Gasteiger partial charge < -0.3 is 26.4 Å². The highest BCUT2D eigenvalue weighted by molar-refractivity contribution is 6.37. The molecule has 0 spiro atoms. The molecule has 0 saturated heterocycles. The normalized spacial score (nSPS) is 16.3. The molecule has 1 saturated carbocycles. The molecule has 10 heteroatoms. The average Bonchev–Trinajstić information content (AvgIpc) is 3.03. The summed E-state index contributed by atoms with van der Waals surface area (Å²) >= 11 is 0. The van der Waals surface area contributed by atoms with E-state index in [4.69, 9.17) is 10.5 Å². The summed E-state index contributed by atoms with van der Waals surface area (Å²) in [4.78, 5) is 62.9. The Balaban J connectivity index is 2.38. The van der Waals surface area contributed by atoms with Gasteiger partial charge in [0.15, 0.2) is 0 Å². The summed E-state index contributed by atoms with van der Waals surface area (Å²) in [7, 11) is 0. The predicted octanol–water partition coefficient (Wildman–Crippen LogP) is 3.97. The van der Waals surface area contributed by atoms with Crippen molar-refractivity contribution < 1.29 is 28.7 Å². The van der Waals surface area contributed by atoms with E-state index in [2.05, 4.69) is 29.8 Å². The zero-order valence-electron chi connectivity index (χ0n) is 27.8. The van der Waals surface area contributed by atoms with E-state index in [1.807, 2.05) is 38.1 Å². The van der Waals surface area contributed by atoms with Gasteiger partial charge in [-0.3, -0.25) is 24.0 Å². The van der Waals surface area contributed by atoms with Gasteiger partial charge >= 0.3 is 0 Å². The SMILES string of the molecule is CCCCC(NC(=O)CNC(=O)C(=O)C(CCC)C(Cc1ccccc1CNC=O)C(OCC(C)C)C1CCCCC1)C(N)=O. The molecule has 252 valence electrons. The lowest BCUT2D eigenvalue weighted by Gasteiger charge is -2.40. The Bertz CT molecular complexity index is 1090. The number of nitrogens with two attached hydrogens (primary N) is 1. The number of Topliss-reactive ketones (excluding diaryl/α,β-unsaturated/α-hetero) is 1. The van der Waals surface area contributed by atoms with E-state index >= 15 is 0 Å². The standard InChI is InChI=1S/C35H56N4O6/c1-5-7-18-30(34(36)43)39-31(41)21-38-35(44)32(42)28(13-6-2)29(19-26-16-11-12-17-27(26)20-37-23-40)33(45-22-24(3)4)25-14-9-8-10-15-25/h11-12,16-17,23-25,28-30,33H,5-10,13-15,18-22H2,1-4H3,(H2,36,43)(H,37,40)(H,38,44)(H,39,41). The van der Waals surface area contributed by atoms with Crippen LogP contribution in [0.4, 0.5) is 0 Å².